The summed E-state index contributed by atoms with van der Waals surface area (Å²) in [6, 6.07) is 2.31. The second-order valence-electron chi connectivity index (χ2n) is 5.25. The molecule has 2 heterocycles. The second kappa shape index (κ2) is 3.06. The highest BCUT2D eigenvalue weighted by atomic mass is 15.1. The summed E-state index contributed by atoms with van der Waals surface area (Å²) < 4.78 is 0. The molecule has 1 aromatic heterocycles. The van der Waals surface area contributed by atoms with Crippen molar-refractivity contribution < 1.29 is 0 Å². The van der Waals surface area contributed by atoms with Crippen LogP contribution in [0.5, 0.6) is 0 Å². The Bertz CT molecular complexity index is 350. The summed E-state index contributed by atoms with van der Waals surface area (Å²) in [4.78, 5) is 6.83. The summed E-state index contributed by atoms with van der Waals surface area (Å²) in [6.07, 6.45) is 2.03. The molecule has 76 valence electrons. The van der Waals surface area contributed by atoms with Crippen molar-refractivity contribution >= 4 is 0 Å². The molecule has 0 fully saturated rings. The third-order valence-electron chi connectivity index (χ3n) is 2.79. The van der Waals surface area contributed by atoms with E-state index in [0.29, 0.717) is 0 Å². The van der Waals surface area contributed by atoms with Crippen LogP contribution < -0.4 is 0 Å². The van der Waals surface area contributed by atoms with Crippen molar-refractivity contribution in [2.24, 2.45) is 0 Å². The van der Waals surface area contributed by atoms with E-state index in [-0.39, 0.29) is 5.41 Å². The molecule has 0 saturated carbocycles. The molecule has 0 saturated heterocycles. The molecular formula is C12H18N2. The van der Waals surface area contributed by atoms with Crippen LogP contribution in [0, 0.1) is 0 Å². The number of rotatable bonds is 0. The molecule has 0 bridgehead atoms. The van der Waals surface area contributed by atoms with Gasteiger partial charge in [0.2, 0.25) is 0 Å². The summed E-state index contributed by atoms with van der Waals surface area (Å²) in [7, 11) is 2.14. The quantitative estimate of drug-likeness (QED) is 0.624. The van der Waals surface area contributed by atoms with Crippen molar-refractivity contribution in [3.63, 3.8) is 0 Å². The number of fused-ring (bicyclic) bond motifs is 1. The van der Waals surface area contributed by atoms with Crippen LogP contribution in [-0.4, -0.2) is 16.9 Å². The van der Waals surface area contributed by atoms with Crippen LogP contribution in [0.1, 0.15) is 37.6 Å². The van der Waals surface area contributed by atoms with E-state index in [1.165, 1.54) is 16.8 Å². The van der Waals surface area contributed by atoms with Gasteiger partial charge >= 0.3 is 0 Å². The monoisotopic (exact) mass is 190 g/mol. The van der Waals surface area contributed by atoms with E-state index in [0.717, 1.165) is 13.1 Å². The molecule has 0 N–H and O–H groups in total. The molecular weight excluding hydrogens is 172 g/mol. The Labute approximate surface area is 86.0 Å². The molecule has 0 atom stereocenters. The van der Waals surface area contributed by atoms with E-state index < -0.39 is 0 Å². The van der Waals surface area contributed by atoms with Crippen molar-refractivity contribution in [3.8, 4) is 0 Å². The Morgan fingerprint density at radius 2 is 2.00 bits per heavy atom. The molecule has 0 aliphatic carbocycles. The van der Waals surface area contributed by atoms with E-state index in [1.807, 2.05) is 6.20 Å². The first-order valence-electron chi connectivity index (χ1n) is 5.13. The summed E-state index contributed by atoms with van der Waals surface area (Å²) in [5, 5.41) is 0. The second-order valence-corrected chi connectivity index (χ2v) is 5.25. The molecule has 0 spiro atoms. The van der Waals surface area contributed by atoms with Crippen LogP contribution in [-0.2, 0) is 18.5 Å². The fraction of sp³-hybridized carbons (Fsp3) is 0.583. The lowest BCUT2D eigenvalue weighted by molar-refractivity contribution is 0.351. The minimum atomic E-state index is 0.211. The molecule has 0 aromatic carbocycles. The van der Waals surface area contributed by atoms with Crippen molar-refractivity contribution in [2.45, 2.75) is 39.3 Å². The van der Waals surface area contributed by atoms with Crippen molar-refractivity contribution in [2.75, 3.05) is 7.05 Å². The molecule has 0 amide bonds. The number of hydrogen-bond acceptors (Lipinski definition) is 2. The van der Waals surface area contributed by atoms with Gasteiger partial charge < -0.3 is 0 Å². The smallest absolute Gasteiger partial charge is 0.0589 e. The molecule has 0 radical (unpaired) electrons. The molecule has 2 heteroatoms. The van der Waals surface area contributed by atoms with E-state index in [2.05, 4.69) is 43.8 Å². The average Bonchev–Trinajstić information content (AvgIpc) is 2.41. The average molecular weight is 190 g/mol. The number of nitrogens with zero attached hydrogens (tertiary/aromatic N) is 2. The minimum absolute atomic E-state index is 0.211. The van der Waals surface area contributed by atoms with Crippen LogP contribution in [0.4, 0.5) is 0 Å². The first-order valence-corrected chi connectivity index (χ1v) is 5.13. The van der Waals surface area contributed by atoms with Gasteiger partial charge in [-0.2, -0.15) is 0 Å². The Kier molecular flexibility index (Phi) is 2.11. The normalized spacial score (nSPS) is 17.1. The fourth-order valence-corrected chi connectivity index (χ4v) is 1.83. The number of pyridine rings is 1. The maximum Gasteiger partial charge on any atom is 0.0589 e. The molecule has 0 unspecified atom stereocenters. The van der Waals surface area contributed by atoms with Gasteiger partial charge in [0.05, 0.1) is 5.69 Å². The van der Waals surface area contributed by atoms with Crippen LogP contribution in [0.3, 0.4) is 0 Å². The predicted octanol–water partition coefficient (Wildman–Crippen LogP) is 2.32. The third kappa shape index (κ3) is 1.67. The van der Waals surface area contributed by atoms with Crippen molar-refractivity contribution in [1.29, 1.82) is 0 Å². The Morgan fingerprint density at radius 3 is 2.64 bits per heavy atom. The first kappa shape index (κ1) is 9.66. The third-order valence-corrected chi connectivity index (χ3v) is 2.79. The summed E-state index contributed by atoms with van der Waals surface area (Å²) in [5.41, 5.74) is 4.20. The number of aromatic nitrogens is 1. The van der Waals surface area contributed by atoms with E-state index in [9.17, 15) is 0 Å². The zero-order valence-electron chi connectivity index (χ0n) is 9.46. The van der Waals surface area contributed by atoms with Crippen LogP contribution in [0.15, 0.2) is 12.3 Å². The van der Waals surface area contributed by atoms with Crippen LogP contribution >= 0.6 is 0 Å². The Hall–Kier alpha value is -0.890. The van der Waals surface area contributed by atoms with E-state index in [1.54, 1.807) is 0 Å². The van der Waals surface area contributed by atoms with Gasteiger partial charge in [-0.05, 0) is 23.6 Å². The lowest BCUT2D eigenvalue weighted by Gasteiger charge is -2.19. The fourth-order valence-electron chi connectivity index (χ4n) is 1.83. The zero-order valence-corrected chi connectivity index (χ0v) is 9.46. The van der Waals surface area contributed by atoms with Gasteiger partial charge in [0.25, 0.3) is 0 Å². The van der Waals surface area contributed by atoms with Gasteiger partial charge in [-0.15, -0.1) is 0 Å². The Morgan fingerprint density at radius 1 is 1.29 bits per heavy atom. The maximum atomic E-state index is 4.53. The van der Waals surface area contributed by atoms with Crippen LogP contribution in [0.25, 0.3) is 0 Å². The highest BCUT2D eigenvalue weighted by Crippen LogP contribution is 2.26. The van der Waals surface area contributed by atoms with E-state index >= 15 is 0 Å². The largest absolute Gasteiger partial charge is 0.296 e. The van der Waals surface area contributed by atoms with Gasteiger partial charge in [-0.3, -0.25) is 9.88 Å². The standard InChI is InChI=1S/C12H18N2/c1-12(2,3)10-5-9-7-14(4)8-11(9)13-6-10/h5-6H,7-8H2,1-4H3. The maximum absolute atomic E-state index is 4.53. The van der Waals surface area contributed by atoms with Gasteiger partial charge in [0.15, 0.2) is 0 Å². The zero-order chi connectivity index (χ0) is 10.3. The number of hydrogen-bond donors (Lipinski definition) is 0. The van der Waals surface area contributed by atoms with E-state index in [4.69, 9.17) is 0 Å². The van der Waals surface area contributed by atoms with Crippen LogP contribution in [0.2, 0.25) is 0 Å². The topological polar surface area (TPSA) is 16.1 Å². The Balaban J connectivity index is 2.38. The highest BCUT2D eigenvalue weighted by Gasteiger charge is 2.20. The highest BCUT2D eigenvalue weighted by molar-refractivity contribution is 5.31. The predicted molar refractivity (Wildman–Crippen MR) is 58.1 cm³/mol. The molecule has 1 aliphatic rings. The lowest BCUT2D eigenvalue weighted by Crippen LogP contribution is -2.12. The molecule has 1 aliphatic heterocycles. The van der Waals surface area contributed by atoms with Gasteiger partial charge in [0, 0.05) is 19.3 Å². The van der Waals surface area contributed by atoms with Crippen molar-refractivity contribution in [3.05, 3.63) is 29.1 Å². The molecule has 2 nitrogen and oxygen atoms in total. The summed E-state index contributed by atoms with van der Waals surface area (Å²) >= 11 is 0. The minimum Gasteiger partial charge on any atom is -0.296 e. The summed E-state index contributed by atoms with van der Waals surface area (Å²) in [5.74, 6) is 0. The lowest BCUT2D eigenvalue weighted by atomic mass is 9.87. The van der Waals surface area contributed by atoms with Gasteiger partial charge in [0.1, 0.15) is 0 Å². The molecule has 1 aromatic rings. The summed E-state index contributed by atoms with van der Waals surface area (Å²) in [6.45, 7) is 8.74. The SMILES string of the molecule is CN1Cc2cc(C(C)(C)C)cnc2C1. The van der Waals surface area contributed by atoms with Gasteiger partial charge in [-0.1, -0.05) is 26.8 Å². The molecule has 2 rings (SSSR count). The van der Waals surface area contributed by atoms with Gasteiger partial charge in [-0.25, -0.2) is 0 Å². The first-order chi connectivity index (χ1) is 6.47. The van der Waals surface area contributed by atoms with Crippen molar-refractivity contribution in [1.82, 2.24) is 9.88 Å². The molecule has 14 heavy (non-hydrogen) atoms.